The van der Waals surface area contributed by atoms with Gasteiger partial charge in [-0.3, -0.25) is 9.79 Å². The number of carbonyl (C=O) groups is 1. The van der Waals surface area contributed by atoms with E-state index in [1.165, 1.54) is 6.21 Å². The summed E-state index contributed by atoms with van der Waals surface area (Å²) >= 11 is 0. The minimum atomic E-state index is -1.16. The molecule has 1 heterocycles. The lowest BCUT2D eigenvalue weighted by Gasteiger charge is -2.26. The fraction of sp³-hybridized carbons (Fsp3) is 0.290. The zero-order valence-electron chi connectivity index (χ0n) is 22.0. The van der Waals surface area contributed by atoms with E-state index in [0.717, 1.165) is 22.3 Å². The molecule has 200 valence electrons. The molecule has 3 atom stereocenters. The van der Waals surface area contributed by atoms with E-state index >= 15 is 0 Å². The van der Waals surface area contributed by atoms with Gasteiger partial charge in [-0.1, -0.05) is 84.9 Å². The van der Waals surface area contributed by atoms with Crippen molar-refractivity contribution in [3.05, 3.63) is 101 Å². The highest BCUT2D eigenvalue weighted by molar-refractivity contribution is 6.32. The molecule has 1 fully saturated rings. The Morgan fingerprint density at radius 2 is 1.92 bits per heavy atom. The Morgan fingerprint density at radius 1 is 1.21 bits per heavy atom. The molecule has 2 aromatic carbocycles. The van der Waals surface area contributed by atoms with Gasteiger partial charge in [-0.2, -0.15) is 5.10 Å². The second-order valence-corrected chi connectivity index (χ2v) is 10.3. The predicted molar refractivity (Wildman–Crippen MR) is 150 cm³/mol. The summed E-state index contributed by atoms with van der Waals surface area (Å²) in [5.74, 6) is 5.61. The minimum Gasteiger partial charge on any atom is -0.481 e. The van der Waals surface area contributed by atoms with Gasteiger partial charge in [0.05, 0.1) is 23.2 Å². The molecule has 2 aliphatic rings. The Morgan fingerprint density at radius 3 is 2.54 bits per heavy atom. The van der Waals surface area contributed by atoms with Gasteiger partial charge in [-0.15, -0.1) is 0 Å². The van der Waals surface area contributed by atoms with E-state index in [4.69, 9.17) is 10.4 Å². The standard InChI is InChI=1S/C31H32N4O4/c1-19-16-24(31(14-15-31)30(37)38)12-13-25(19)22-8-10-23(11-9-22)29-27(20(2)35-39-29)28(36)26(34-32)18-33-17-21-6-4-3-5-7-21/h3-13,16,18-19,25,28,36H,14-15,17,32H2,1-2H3,(H,37,38). The smallest absolute Gasteiger partial charge is 0.314 e. The molecular formula is C31H32N4O4. The molecule has 8 nitrogen and oxygen atoms in total. The van der Waals surface area contributed by atoms with Gasteiger partial charge < -0.3 is 20.6 Å². The van der Waals surface area contributed by atoms with Crippen LogP contribution in [0.4, 0.5) is 0 Å². The van der Waals surface area contributed by atoms with Gasteiger partial charge in [0.25, 0.3) is 0 Å². The number of aliphatic hydroxyl groups excluding tert-OH is 1. The number of aliphatic imine (C=N–C) groups is 1. The molecule has 0 spiro atoms. The summed E-state index contributed by atoms with van der Waals surface area (Å²) in [5.41, 5.74) is 4.34. The molecule has 39 heavy (non-hydrogen) atoms. The number of nitrogens with two attached hydrogens (primary N) is 1. The number of hydrogen-bond donors (Lipinski definition) is 3. The van der Waals surface area contributed by atoms with Crippen LogP contribution >= 0.6 is 0 Å². The van der Waals surface area contributed by atoms with Gasteiger partial charge in [-0.25, -0.2) is 0 Å². The number of benzene rings is 2. The lowest BCUT2D eigenvalue weighted by atomic mass is 9.78. The fourth-order valence-electron chi connectivity index (χ4n) is 5.22. The minimum absolute atomic E-state index is 0.130. The molecule has 0 radical (unpaired) electrons. The van der Waals surface area contributed by atoms with Crippen LogP contribution in [-0.2, 0) is 11.3 Å². The summed E-state index contributed by atoms with van der Waals surface area (Å²) in [7, 11) is 0. The van der Waals surface area contributed by atoms with Crippen LogP contribution in [0.1, 0.15) is 54.2 Å². The highest BCUT2D eigenvalue weighted by Gasteiger charge is 2.53. The number of rotatable bonds is 9. The third kappa shape index (κ3) is 5.20. The second-order valence-electron chi connectivity index (χ2n) is 10.3. The highest BCUT2D eigenvalue weighted by Crippen LogP contribution is 2.54. The number of carboxylic acids is 1. The number of hydrazone groups is 1. The Hall–Kier alpha value is -4.30. The first-order valence-corrected chi connectivity index (χ1v) is 13.0. The van der Waals surface area contributed by atoms with E-state index in [-0.39, 0.29) is 17.5 Å². The average molecular weight is 525 g/mol. The SMILES string of the molecule is Cc1noc(-c2ccc(C3C=CC(C4(C(=O)O)CC4)=CC3C)cc2)c1C(O)C(C=NCc1ccccc1)=NN. The van der Waals surface area contributed by atoms with E-state index in [1.807, 2.05) is 60.7 Å². The quantitative estimate of drug-likeness (QED) is 0.196. The lowest BCUT2D eigenvalue weighted by molar-refractivity contribution is -0.141. The Labute approximate surface area is 227 Å². The van der Waals surface area contributed by atoms with Gasteiger partial charge >= 0.3 is 5.97 Å². The normalized spacial score (nSPS) is 21.1. The van der Waals surface area contributed by atoms with Crippen LogP contribution in [0, 0.1) is 18.3 Å². The van der Waals surface area contributed by atoms with Crippen molar-refractivity contribution in [1.82, 2.24) is 5.16 Å². The van der Waals surface area contributed by atoms with E-state index in [2.05, 4.69) is 34.3 Å². The Bertz CT molecular complexity index is 1460. The van der Waals surface area contributed by atoms with E-state index in [0.29, 0.717) is 36.4 Å². The maximum absolute atomic E-state index is 11.7. The van der Waals surface area contributed by atoms with Crippen molar-refractivity contribution < 1.29 is 19.5 Å². The van der Waals surface area contributed by atoms with E-state index in [1.54, 1.807) is 6.92 Å². The monoisotopic (exact) mass is 524 g/mol. The summed E-state index contributed by atoms with van der Waals surface area (Å²) in [4.78, 5) is 16.1. The zero-order chi connectivity index (χ0) is 27.6. The van der Waals surface area contributed by atoms with Crippen molar-refractivity contribution in [2.45, 2.75) is 45.3 Å². The maximum Gasteiger partial charge on any atom is 0.314 e. The molecule has 0 aliphatic heterocycles. The molecule has 5 rings (SSSR count). The number of allylic oxidation sites excluding steroid dienone is 3. The number of nitrogens with zero attached hydrogens (tertiary/aromatic N) is 3. The van der Waals surface area contributed by atoms with Crippen molar-refractivity contribution in [1.29, 1.82) is 0 Å². The molecule has 3 unspecified atom stereocenters. The summed E-state index contributed by atoms with van der Waals surface area (Å²) in [6.45, 7) is 4.31. The lowest BCUT2D eigenvalue weighted by Crippen LogP contribution is -2.20. The third-order valence-electron chi connectivity index (χ3n) is 7.71. The molecule has 1 saturated carbocycles. The van der Waals surface area contributed by atoms with Crippen LogP contribution in [-0.4, -0.2) is 33.3 Å². The number of aromatic nitrogens is 1. The molecule has 1 aromatic heterocycles. The van der Waals surface area contributed by atoms with E-state index < -0.39 is 17.5 Å². The van der Waals surface area contributed by atoms with Crippen LogP contribution in [0.3, 0.4) is 0 Å². The fourth-order valence-corrected chi connectivity index (χ4v) is 5.22. The van der Waals surface area contributed by atoms with Crippen LogP contribution in [0.15, 0.2) is 93.0 Å². The maximum atomic E-state index is 11.7. The summed E-state index contributed by atoms with van der Waals surface area (Å²) in [5, 5.41) is 28.7. The van der Waals surface area contributed by atoms with Gasteiger partial charge in [0, 0.05) is 17.7 Å². The number of carboxylic acid groups (broad SMARTS) is 1. The molecule has 0 amide bonds. The zero-order valence-corrected chi connectivity index (χ0v) is 22.0. The average Bonchev–Trinajstić information content (AvgIpc) is 3.68. The summed E-state index contributed by atoms with van der Waals surface area (Å²) in [6.07, 6.45) is 7.89. The molecular weight excluding hydrogens is 492 g/mol. The van der Waals surface area contributed by atoms with Crippen LogP contribution < -0.4 is 5.84 Å². The van der Waals surface area contributed by atoms with Gasteiger partial charge in [0.2, 0.25) is 0 Å². The van der Waals surface area contributed by atoms with Gasteiger partial charge in [-0.05, 0) is 42.4 Å². The van der Waals surface area contributed by atoms with Crippen molar-refractivity contribution in [2.75, 3.05) is 0 Å². The van der Waals surface area contributed by atoms with Crippen molar-refractivity contribution >= 4 is 17.9 Å². The third-order valence-corrected chi connectivity index (χ3v) is 7.71. The molecule has 0 saturated heterocycles. The molecule has 0 bridgehead atoms. The molecule has 2 aliphatic carbocycles. The van der Waals surface area contributed by atoms with Crippen molar-refractivity contribution in [2.24, 2.45) is 27.3 Å². The predicted octanol–water partition coefficient (Wildman–Crippen LogP) is 5.35. The number of hydrogen-bond acceptors (Lipinski definition) is 7. The highest BCUT2D eigenvalue weighted by atomic mass is 16.5. The van der Waals surface area contributed by atoms with Gasteiger partial charge in [0.1, 0.15) is 11.8 Å². The number of aliphatic carboxylic acids is 1. The number of aliphatic hydroxyl groups is 1. The van der Waals surface area contributed by atoms with Crippen molar-refractivity contribution in [3.63, 3.8) is 0 Å². The first-order valence-electron chi connectivity index (χ1n) is 13.0. The van der Waals surface area contributed by atoms with Crippen molar-refractivity contribution in [3.8, 4) is 11.3 Å². The Kier molecular flexibility index (Phi) is 7.30. The van der Waals surface area contributed by atoms with Crippen LogP contribution in [0.2, 0.25) is 0 Å². The molecule has 8 heteroatoms. The Balaban J connectivity index is 1.33. The van der Waals surface area contributed by atoms with Gasteiger partial charge in [0.15, 0.2) is 5.76 Å². The second kappa shape index (κ2) is 10.8. The first-order chi connectivity index (χ1) is 18.8. The summed E-state index contributed by atoms with van der Waals surface area (Å²) in [6, 6.07) is 17.7. The van der Waals surface area contributed by atoms with E-state index in [9.17, 15) is 15.0 Å². The topological polar surface area (TPSA) is 134 Å². The summed E-state index contributed by atoms with van der Waals surface area (Å²) < 4.78 is 5.63. The van der Waals surface area contributed by atoms with Crippen LogP contribution in [0.5, 0.6) is 0 Å². The number of aryl methyl sites for hydroxylation is 1. The molecule has 3 aromatic rings. The first kappa shape index (κ1) is 26.3. The van der Waals surface area contributed by atoms with Crippen LogP contribution in [0.25, 0.3) is 11.3 Å². The molecule has 4 N–H and O–H groups in total. The largest absolute Gasteiger partial charge is 0.481 e.